The third-order valence-electron chi connectivity index (χ3n) is 4.79. The summed E-state index contributed by atoms with van der Waals surface area (Å²) in [6, 6.07) is 0.533. The molecule has 0 aliphatic carbocycles. The first-order chi connectivity index (χ1) is 10.0. The first-order valence-electron chi connectivity index (χ1n) is 8.14. The van der Waals surface area contributed by atoms with Crippen LogP contribution < -0.4 is 5.32 Å². The molecule has 1 aliphatic heterocycles. The van der Waals surface area contributed by atoms with Crippen LogP contribution in [-0.2, 0) is 17.8 Å². The Morgan fingerprint density at radius 2 is 2.10 bits per heavy atom. The number of ether oxygens (including phenoxy) is 1. The van der Waals surface area contributed by atoms with Gasteiger partial charge in [0.05, 0.1) is 21.5 Å². The number of rotatable bonds is 6. The van der Waals surface area contributed by atoms with Crippen LogP contribution in [-0.4, -0.2) is 28.0 Å². The number of halogens is 1. The summed E-state index contributed by atoms with van der Waals surface area (Å²) < 4.78 is 9.27. The number of nitrogens with zero attached hydrogens (tertiary/aromatic N) is 2. The highest BCUT2D eigenvalue weighted by Gasteiger charge is 2.34. The van der Waals surface area contributed by atoms with Crippen molar-refractivity contribution in [1.82, 2.24) is 15.1 Å². The highest BCUT2D eigenvalue weighted by Crippen LogP contribution is 2.31. The Morgan fingerprint density at radius 1 is 1.38 bits per heavy atom. The van der Waals surface area contributed by atoms with E-state index in [0.29, 0.717) is 6.04 Å². The second kappa shape index (κ2) is 7.25. The maximum absolute atomic E-state index is 6.05. The van der Waals surface area contributed by atoms with Gasteiger partial charge >= 0.3 is 0 Å². The molecular formula is C16H28BrN3O. The van der Waals surface area contributed by atoms with Crippen molar-refractivity contribution in [2.24, 2.45) is 0 Å². The van der Waals surface area contributed by atoms with Gasteiger partial charge in [0.1, 0.15) is 0 Å². The number of aryl methyl sites for hydroxylation is 2. The second-order valence-electron chi connectivity index (χ2n) is 5.97. The van der Waals surface area contributed by atoms with Crippen molar-refractivity contribution in [3.63, 3.8) is 0 Å². The van der Waals surface area contributed by atoms with E-state index in [1.165, 1.54) is 5.69 Å². The summed E-state index contributed by atoms with van der Waals surface area (Å²) in [5.41, 5.74) is 2.39. The van der Waals surface area contributed by atoms with Crippen LogP contribution >= 0.6 is 15.9 Å². The summed E-state index contributed by atoms with van der Waals surface area (Å²) in [5.74, 6) is 0. The molecule has 0 aromatic carbocycles. The van der Waals surface area contributed by atoms with E-state index in [0.717, 1.165) is 55.5 Å². The average Bonchev–Trinajstić information content (AvgIpc) is 2.80. The Labute approximate surface area is 136 Å². The minimum atomic E-state index is 0.0774. The number of aromatic nitrogens is 2. The molecule has 1 N–H and O–H groups in total. The predicted molar refractivity (Wildman–Crippen MR) is 89.5 cm³/mol. The SMILES string of the molecule is CCn1nc(C)c(Br)c1CNC1CCOC(CC)(CC)C1. The Kier molecular flexibility index (Phi) is 5.86. The van der Waals surface area contributed by atoms with Gasteiger partial charge < -0.3 is 10.1 Å². The fourth-order valence-corrected chi connectivity index (χ4v) is 3.65. The molecule has 4 nitrogen and oxygen atoms in total. The topological polar surface area (TPSA) is 39.1 Å². The van der Waals surface area contributed by atoms with Crippen molar-refractivity contribution in [2.45, 2.75) is 78.1 Å². The van der Waals surface area contributed by atoms with Crippen LogP contribution in [0.5, 0.6) is 0 Å². The van der Waals surface area contributed by atoms with Crippen molar-refractivity contribution >= 4 is 15.9 Å². The molecule has 2 heterocycles. The molecule has 1 aromatic heterocycles. The summed E-state index contributed by atoms with van der Waals surface area (Å²) in [6.07, 6.45) is 4.39. The number of hydrogen-bond donors (Lipinski definition) is 1. The van der Waals surface area contributed by atoms with E-state index in [1.807, 2.05) is 6.92 Å². The lowest BCUT2D eigenvalue weighted by atomic mass is 9.86. The van der Waals surface area contributed by atoms with Crippen molar-refractivity contribution < 1.29 is 4.74 Å². The molecule has 2 rings (SSSR count). The summed E-state index contributed by atoms with van der Waals surface area (Å²) in [7, 11) is 0. The lowest BCUT2D eigenvalue weighted by Crippen LogP contribution is -2.46. The molecule has 1 fully saturated rings. The Morgan fingerprint density at radius 3 is 2.71 bits per heavy atom. The minimum Gasteiger partial charge on any atom is -0.375 e. The van der Waals surface area contributed by atoms with Gasteiger partial charge in [-0.15, -0.1) is 0 Å². The lowest BCUT2D eigenvalue weighted by molar-refractivity contribution is -0.0932. The van der Waals surface area contributed by atoms with Gasteiger partial charge in [0, 0.05) is 25.7 Å². The quantitative estimate of drug-likeness (QED) is 0.841. The zero-order chi connectivity index (χ0) is 15.5. The molecule has 0 radical (unpaired) electrons. The zero-order valence-electron chi connectivity index (χ0n) is 13.7. The molecule has 1 aromatic rings. The van der Waals surface area contributed by atoms with E-state index in [2.05, 4.69) is 51.8 Å². The van der Waals surface area contributed by atoms with E-state index in [9.17, 15) is 0 Å². The molecule has 0 saturated carbocycles. The van der Waals surface area contributed by atoms with E-state index in [-0.39, 0.29) is 5.60 Å². The molecule has 5 heteroatoms. The molecule has 1 saturated heterocycles. The highest BCUT2D eigenvalue weighted by atomic mass is 79.9. The first-order valence-corrected chi connectivity index (χ1v) is 8.93. The normalized spacial score (nSPS) is 21.7. The molecule has 1 aliphatic rings. The van der Waals surface area contributed by atoms with Gasteiger partial charge in [0.2, 0.25) is 0 Å². The Bertz CT molecular complexity index is 468. The van der Waals surface area contributed by atoms with Crippen LogP contribution in [0.1, 0.15) is 57.8 Å². The average molecular weight is 358 g/mol. The van der Waals surface area contributed by atoms with E-state index in [4.69, 9.17) is 4.74 Å². The van der Waals surface area contributed by atoms with Gasteiger partial charge in [-0.25, -0.2) is 0 Å². The van der Waals surface area contributed by atoms with Crippen molar-refractivity contribution in [2.75, 3.05) is 6.61 Å². The maximum atomic E-state index is 6.05. The zero-order valence-corrected chi connectivity index (χ0v) is 15.3. The van der Waals surface area contributed by atoms with Gasteiger partial charge in [-0.1, -0.05) is 13.8 Å². The predicted octanol–water partition coefficient (Wildman–Crippen LogP) is 3.80. The van der Waals surface area contributed by atoms with Gasteiger partial charge in [-0.05, 0) is 55.5 Å². The van der Waals surface area contributed by atoms with Crippen LogP contribution in [0.2, 0.25) is 0 Å². The smallest absolute Gasteiger partial charge is 0.0739 e. The highest BCUT2D eigenvalue weighted by molar-refractivity contribution is 9.10. The summed E-state index contributed by atoms with van der Waals surface area (Å²) >= 11 is 3.67. The molecular weight excluding hydrogens is 330 g/mol. The summed E-state index contributed by atoms with van der Waals surface area (Å²) in [4.78, 5) is 0. The van der Waals surface area contributed by atoms with Crippen molar-refractivity contribution in [3.05, 3.63) is 15.9 Å². The fraction of sp³-hybridized carbons (Fsp3) is 0.812. The third-order valence-corrected chi connectivity index (χ3v) is 5.82. The molecule has 1 atom stereocenters. The van der Waals surface area contributed by atoms with Crippen LogP contribution in [0, 0.1) is 6.92 Å². The largest absolute Gasteiger partial charge is 0.375 e. The molecule has 0 amide bonds. The lowest BCUT2D eigenvalue weighted by Gasteiger charge is -2.40. The van der Waals surface area contributed by atoms with E-state index in [1.54, 1.807) is 0 Å². The summed E-state index contributed by atoms with van der Waals surface area (Å²) in [6.45, 7) is 11.3. The summed E-state index contributed by atoms with van der Waals surface area (Å²) in [5, 5.41) is 8.28. The van der Waals surface area contributed by atoms with Gasteiger partial charge in [-0.2, -0.15) is 5.10 Å². The molecule has 120 valence electrons. The van der Waals surface area contributed by atoms with Crippen molar-refractivity contribution in [3.8, 4) is 0 Å². The van der Waals surface area contributed by atoms with Gasteiger partial charge in [0.15, 0.2) is 0 Å². The second-order valence-corrected chi connectivity index (χ2v) is 6.76. The maximum Gasteiger partial charge on any atom is 0.0739 e. The van der Waals surface area contributed by atoms with Crippen LogP contribution in [0.3, 0.4) is 0 Å². The van der Waals surface area contributed by atoms with E-state index >= 15 is 0 Å². The standard InChI is InChI=1S/C16H28BrN3O/c1-5-16(6-2)10-13(8-9-21-16)18-11-14-15(17)12(4)19-20(14)7-3/h13,18H,5-11H2,1-4H3. The van der Waals surface area contributed by atoms with Crippen LogP contribution in [0.15, 0.2) is 4.47 Å². The molecule has 0 spiro atoms. The number of nitrogens with one attached hydrogen (secondary N) is 1. The number of hydrogen-bond acceptors (Lipinski definition) is 3. The van der Waals surface area contributed by atoms with E-state index < -0.39 is 0 Å². The first kappa shape index (κ1) is 17.0. The Hall–Kier alpha value is -0.390. The minimum absolute atomic E-state index is 0.0774. The van der Waals surface area contributed by atoms with Crippen LogP contribution in [0.4, 0.5) is 0 Å². The van der Waals surface area contributed by atoms with Crippen LogP contribution in [0.25, 0.3) is 0 Å². The molecule has 1 unspecified atom stereocenters. The van der Waals surface area contributed by atoms with Gasteiger partial charge in [-0.3, -0.25) is 4.68 Å². The van der Waals surface area contributed by atoms with Gasteiger partial charge in [0.25, 0.3) is 0 Å². The fourth-order valence-electron chi connectivity index (χ4n) is 3.22. The molecule has 21 heavy (non-hydrogen) atoms. The molecule has 0 bridgehead atoms. The third kappa shape index (κ3) is 3.69. The monoisotopic (exact) mass is 357 g/mol. The van der Waals surface area contributed by atoms with Crippen molar-refractivity contribution in [1.29, 1.82) is 0 Å². The Balaban J connectivity index is 2.00.